The van der Waals surface area contributed by atoms with E-state index >= 15 is 0 Å². The molecular weight excluding hydrogens is 315 g/mol. The fraction of sp³-hybridized carbons (Fsp3) is 0.385. The van der Waals surface area contributed by atoms with Crippen LogP contribution in [0.25, 0.3) is 0 Å². The average molecular weight is 331 g/mol. The molecule has 0 N–H and O–H groups in total. The van der Waals surface area contributed by atoms with Crippen LogP contribution in [0, 0.1) is 0 Å². The maximum Gasteiger partial charge on any atom is 0.291 e. The Kier molecular flexibility index (Phi) is 4.79. The molecule has 1 saturated heterocycles. The number of hydrogen-bond donors (Lipinski definition) is 0. The molecule has 0 spiro atoms. The van der Waals surface area contributed by atoms with Gasteiger partial charge >= 0.3 is 0 Å². The molecule has 3 nitrogen and oxygen atoms in total. The minimum atomic E-state index is -3.12. The first-order valence-electron chi connectivity index (χ1n) is 5.97. The summed E-state index contributed by atoms with van der Waals surface area (Å²) in [4.78, 5) is 14.5. The largest absolute Gasteiger partial charge is 0.624 e. The number of benzene rings is 1. The Bertz CT molecular complexity index is 424. The van der Waals surface area contributed by atoms with Crippen molar-refractivity contribution in [3.05, 3.63) is 46.6 Å². The van der Waals surface area contributed by atoms with Crippen LogP contribution < -0.4 is 4.89 Å². The van der Waals surface area contributed by atoms with Crippen LogP contribution in [0.2, 0.25) is 0 Å². The van der Waals surface area contributed by atoms with Gasteiger partial charge in [0.15, 0.2) is 11.4 Å². The summed E-state index contributed by atoms with van der Waals surface area (Å²) in [7, 11) is -3.12. The molecule has 0 aromatic heterocycles. The second-order valence-corrected chi connectivity index (χ2v) is 6.69. The monoisotopic (exact) mass is 330 g/mol. The summed E-state index contributed by atoms with van der Waals surface area (Å²) in [6.07, 6.45) is 1.54. The highest BCUT2D eigenvalue weighted by Gasteiger charge is 2.46. The SMILES string of the molecule is CCO[P+]1([O-])O/C(=C\Br)CCC1c1ccccc1. The molecule has 5 heteroatoms. The zero-order valence-electron chi connectivity index (χ0n) is 10.2. The average Bonchev–Trinajstić information content (AvgIpc) is 2.39. The van der Waals surface area contributed by atoms with E-state index in [9.17, 15) is 4.89 Å². The van der Waals surface area contributed by atoms with E-state index in [1.807, 2.05) is 37.3 Å². The fourth-order valence-corrected chi connectivity index (χ4v) is 4.75. The summed E-state index contributed by atoms with van der Waals surface area (Å²) in [5, 5.41) is 0. The van der Waals surface area contributed by atoms with Crippen molar-refractivity contribution in [2.75, 3.05) is 6.61 Å². The van der Waals surface area contributed by atoms with Gasteiger partial charge in [-0.05, 0) is 12.5 Å². The normalized spacial score (nSPS) is 30.2. The molecule has 2 unspecified atom stereocenters. The molecule has 0 amide bonds. The Morgan fingerprint density at radius 3 is 2.83 bits per heavy atom. The highest BCUT2D eigenvalue weighted by Crippen LogP contribution is 2.70. The third kappa shape index (κ3) is 2.94. The van der Waals surface area contributed by atoms with Gasteiger partial charge in [0.05, 0.1) is 6.61 Å². The molecule has 1 aromatic carbocycles. The molecule has 1 aliphatic rings. The lowest BCUT2D eigenvalue weighted by atomic mass is 10.1. The Morgan fingerprint density at radius 2 is 2.22 bits per heavy atom. The quantitative estimate of drug-likeness (QED) is 0.788. The van der Waals surface area contributed by atoms with Crippen molar-refractivity contribution in [3.63, 3.8) is 0 Å². The van der Waals surface area contributed by atoms with Gasteiger partial charge in [-0.25, -0.2) is 4.52 Å². The maximum absolute atomic E-state index is 12.8. The molecule has 0 saturated carbocycles. The molecule has 0 bridgehead atoms. The molecule has 0 radical (unpaired) electrons. The van der Waals surface area contributed by atoms with Gasteiger partial charge in [-0.3, -0.25) is 0 Å². The Hall–Kier alpha value is -0.410. The fourth-order valence-electron chi connectivity index (χ4n) is 2.10. The Morgan fingerprint density at radius 1 is 1.50 bits per heavy atom. The van der Waals surface area contributed by atoms with Crippen molar-refractivity contribution < 1.29 is 13.9 Å². The third-order valence-corrected chi connectivity index (χ3v) is 5.84. The minimum absolute atomic E-state index is 0.171. The van der Waals surface area contributed by atoms with Gasteiger partial charge in [0.1, 0.15) is 0 Å². The first-order chi connectivity index (χ1) is 8.69. The molecule has 1 fully saturated rings. The number of allylic oxidation sites excluding steroid dienone is 1. The lowest BCUT2D eigenvalue weighted by Gasteiger charge is -2.38. The molecule has 1 aliphatic heterocycles. The first kappa shape index (κ1) is 14.0. The summed E-state index contributed by atoms with van der Waals surface area (Å²) in [6.45, 7) is 2.22. The maximum atomic E-state index is 12.8. The van der Waals surface area contributed by atoms with Crippen LogP contribution in [0.5, 0.6) is 0 Å². The topological polar surface area (TPSA) is 41.5 Å². The van der Waals surface area contributed by atoms with E-state index in [4.69, 9.17) is 9.05 Å². The van der Waals surface area contributed by atoms with Crippen molar-refractivity contribution >= 4 is 23.9 Å². The van der Waals surface area contributed by atoms with E-state index in [1.165, 1.54) is 0 Å². The molecule has 98 valence electrons. The second kappa shape index (κ2) is 6.16. The van der Waals surface area contributed by atoms with Gasteiger partial charge in [-0.15, -0.1) is 0 Å². The van der Waals surface area contributed by atoms with Gasteiger partial charge in [0, 0.05) is 17.8 Å². The third-order valence-electron chi connectivity index (χ3n) is 2.91. The zero-order valence-corrected chi connectivity index (χ0v) is 12.7. The van der Waals surface area contributed by atoms with Gasteiger partial charge in [0.2, 0.25) is 0 Å². The molecule has 1 aromatic rings. The van der Waals surface area contributed by atoms with Crippen LogP contribution in [0.1, 0.15) is 31.0 Å². The molecule has 2 rings (SSSR count). The van der Waals surface area contributed by atoms with Gasteiger partial charge in [-0.2, -0.15) is 0 Å². The van der Waals surface area contributed by atoms with Gasteiger partial charge in [-0.1, -0.05) is 46.3 Å². The van der Waals surface area contributed by atoms with Crippen molar-refractivity contribution in [1.82, 2.24) is 0 Å². The van der Waals surface area contributed by atoms with Crippen LogP contribution in [0.4, 0.5) is 0 Å². The predicted molar refractivity (Wildman–Crippen MR) is 75.1 cm³/mol. The molecular formula is C13H16BrO3P. The van der Waals surface area contributed by atoms with E-state index in [0.29, 0.717) is 12.4 Å². The summed E-state index contributed by atoms with van der Waals surface area (Å²) in [6, 6.07) is 9.79. The predicted octanol–water partition coefficient (Wildman–Crippen LogP) is 3.93. The van der Waals surface area contributed by atoms with E-state index < -0.39 is 7.94 Å². The number of hydrogen-bond acceptors (Lipinski definition) is 3. The Labute approximate surface area is 117 Å². The molecule has 18 heavy (non-hydrogen) atoms. The number of rotatable bonds is 3. The van der Waals surface area contributed by atoms with E-state index in [-0.39, 0.29) is 5.66 Å². The van der Waals surface area contributed by atoms with Crippen molar-refractivity contribution in [3.8, 4) is 0 Å². The second-order valence-electron chi connectivity index (χ2n) is 4.09. The minimum Gasteiger partial charge on any atom is -0.624 e. The van der Waals surface area contributed by atoms with Crippen LogP contribution in [0.3, 0.4) is 0 Å². The van der Waals surface area contributed by atoms with Crippen molar-refractivity contribution in [2.45, 2.75) is 25.4 Å². The highest BCUT2D eigenvalue weighted by atomic mass is 79.9. The lowest BCUT2D eigenvalue weighted by Crippen LogP contribution is -2.26. The van der Waals surface area contributed by atoms with Crippen LogP contribution in [0.15, 0.2) is 41.1 Å². The summed E-state index contributed by atoms with van der Waals surface area (Å²) < 4.78 is 11.0. The first-order valence-corrected chi connectivity index (χ1v) is 8.50. The van der Waals surface area contributed by atoms with E-state index in [2.05, 4.69) is 15.9 Å². The van der Waals surface area contributed by atoms with Crippen molar-refractivity contribution in [2.24, 2.45) is 0 Å². The summed E-state index contributed by atoms with van der Waals surface area (Å²) in [5.74, 6) is 0.693. The van der Waals surface area contributed by atoms with Crippen LogP contribution in [-0.2, 0) is 9.05 Å². The Balaban J connectivity index is 2.28. The summed E-state index contributed by atoms with van der Waals surface area (Å²) >= 11 is 3.23. The van der Waals surface area contributed by atoms with Crippen LogP contribution in [-0.4, -0.2) is 6.61 Å². The van der Waals surface area contributed by atoms with E-state index in [0.717, 1.165) is 18.4 Å². The van der Waals surface area contributed by atoms with E-state index in [1.54, 1.807) is 4.99 Å². The highest BCUT2D eigenvalue weighted by molar-refractivity contribution is 9.11. The van der Waals surface area contributed by atoms with Crippen LogP contribution >= 0.6 is 23.9 Å². The smallest absolute Gasteiger partial charge is 0.291 e. The molecule has 2 atom stereocenters. The van der Waals surface area contributed by atoms with Gasteiger partial charge < -0.3 is 9.42 Å². The number of halogens is 1. The van der Waals surface area contributed by atoms with Crippen molar-refractivity contribution in [1.29, 1.82) is 0 Å². The molecule has 0 aliphatic carbocycles. The standard InChI is InChI=1S/C13H16BrO3P/c1-2-16-18(15)13(9-8-12(10-14)17-18)11-6-4-3-5-7-11/h3-7,10,13H,2,8-9H2,1H3/b12-10-. The molecule has 1 heterocycles. The lowest BCUT2D eigenvalue weighted by molar-refractivity contribution is -0.221. The zero-order chi connectivity index (χ0) is 13.0. The summed E-state index contributed by atoms with van der Waals surface area (Å²) in [5.41, 5.74) is 0.845. The van der Waals surface area contributed by atoms with Gasteiger partial charge in [0.25, 0.3) is 7.94 Å².